The van der Waals surface area contributed by atoms with Crippen molar-refractivity contribution >= 4 is 46.3 Å². The molecule has 75 heavy (non-hydrogen) atoms. The normalized spacial score (nSPS) is 19.5. The second kappa shape index (κ2) is 22.2. The highest BCUT2D eigenvalue weighted by atomic mass is 16.7. The highest BCUT2D eigenvalue weighted by molar-refractivity contribution is 6.62. The van der Waals surface area contributed by atoms with Gasteiger partial charge < -0.3 is 38.7 Å². The Morgan fingerprint density at radius 3 is 1.93 bits per heavy atom. The van der Waals surface area contributed by atoms with Crippen LogP contribution < -0.4 is 25.4 Å². The number of fused-ring (bicyclic) bond motifs is 2. The van der Waals surface area contributed by atoms with Crippen molar-refractivity contribution in [3.05, 3.63) is 125 Å². The molecule has 2 aliphatic carbocycles. The van der Waals surface area contributed by atoms with Crippen LogP contribution in [0.1, 0.15) is 126 Å². The molecule has 2 saturated carbocycles. The van der Waals surface area contributed by atoms with Gasteiger partial charge >= 0.3 is 19.1 Å². The van der Waals surface area contributed by atoms with Crippen LogP contribution in [-0.4, -0.2) is 75.1 Å². The van der Waals surface area contributed by atoms with Crippen LogP contribution in [0.2, 0.25) is 0 Å². The summed E-state index contributed by atoms with van der Waals surface area (Å²) < 4.78 is 47.8. The average Bonchev–Trinajstić information content (AvgIpc) is 4.28. The SMILES string of the molecule is CCOC(=O)Cc1ccccc1OCc1nn(C2CCCC2)c2ccc(B3OC(C)(C)C(C)(CC4CCC(n5nc(COc6ccccc6CC(=O)OCC)c6cc(-c7ccnc(CN)c7OC)ccc65)C4)O3)cc12. The van der Waals surface area contributed by atoms with Crippen molar-refractivity contribution in [1.29, 1.82) is 0 Å². The number of para-hydroxylation sites is 2. The van der Waals surface area contributed by atoms with E-state index in [0.29, 0.717) is 48.1 Å². The van der Waals surface area contributed by atoms with Crippen molar-refractivity contribution in [2.24, 2.45) is 11.7 Å². The van der Waals surface area contributed by atoms with E-state index in [1.165, 1.54) is 12.8 Å². The van der Waals surface area contributed by atoms with E-state index in [-0.39, 0.29) is 50.6 Å². The quantitative estimate of drug-likeness (QED) is 0.0565. The molecule has 3 aliphatic rings. The van der Waals surface area contributed by atoms with Gasteiger partial charge in [0, 0.05) is 40.2 Å². The number of hydrogen-bond donors (Lipinski definition) is 1. The minimum Gasteiger partial charge on any atom is -0.494 e. The number of ether oxygens (including phenoxy) is 5. The number of methoxy groups -OCH3 is 1. The van der Waals surface area contributed by atoms with Gasteiger partial charge in [-0.2, -0.15) is 10.2 Å². The maximum absolute atomic E-state index is 12.6. The lowest BCUT2D eigenvalue weighted by molar-refractivity contribution is -0.143. The molecule has 1 aliphatic heterocycles. The van der Waals surface area contributed by atoms with Crippen LogP contribution in [0.4, 0.5) is 0 Å². The smallest absolute Gasteiger partial charge is 0.494 e. The number of nitrogens with two attached hydrogens (primary N) is 1. The molecule has 4 aromatic carbocycles. The van der Waals surface area contributed by atoms with Gasteiger partial charge in [0.05, 0.1) is 73.2 Å². The van der Waals surface area contributed by atoms with E-state index in [1.54, 1.807) is 20.2 Å². The van der Waals surface area contributed by atoms with E-state index < -0.39 is 18.3 Å². The fourth-order valence-corrected chi connectivity index (χ4v) is 11.6. The van der Waals surface area contributed by atoms with Crippen LogP contribution in [0, 0.1) is 5.92 Å². The lowest BCUT2D eigenvalue weighted by Gasteiger charge is -2.38. The Balaban J connectivity index is 0.893. The number of aromatic nitrogens is 5. The summed E-state index contributed by atoms with van der Waals surface area (Å²) in [6.07, 6.45) is 10.2. The molecule has 3 aromatic heterocycles. The molecule has 3 unspecified atom stereocenters. The molecule has 0 spiro atoms. The number of rotatable bonds is 20. The van der Waals surface area contributed by atoms with Crippen LogP contribution in [0.25, 0.3) is 32.9 Å². The Morgan fingerprint density at radius 2 is 1.32 bits per heavy atom. The summed E-state index contributed by atoms with van der Waals surface area (Å²) in [7, 11) is 1.05. The molecule has 0 radical (unpaired) electrons. The lowest BCUT2D eigenvalue weighted by atomic mass is 9.78. The predicted molar refractivity (Wildman–Crippen MR) is 288 cm³/mol. The van der Waals surface area contributed by atoms with Crippen LogP contribution in [0.5, 0.6) is 17.2 Å². The Labute approximate surface area is 439 Å². The Hall–Kier alpha value is -6.75. The third kappa shape index (κ3) is 10.7. The highest BCUT2D eigenvalue weighted by Gasteiger charge is 2.55. The van der Waals surface area contributed by atoms with Crippen LogP contribution in [-0.2, 0) is 61.0 Å². The number of pyridine rings is 1. The number of hydrogen-bond acceptors (Lipinski definition) is 13. The number of nitrogens with zero attached hydrogens (tertiary/aromatic N) is 5. The minimum absolute atomic E-state index is 0.110. The molecular weight excluding hydrogens is 947 g/mol. The first-order valence-corrected chi connectivity index (χ1v) is 26.7. The van der Waals surface area contributed by atoms with Crippen molar-refractivity contribution in [3.63, 3.8) is 0 Å². The number of carbonyl (C=O) groups excluding carboxylic acids is 2. The second-order valence-corrected chi connectivity index (χ2v) is 20.9. The van der Waals surface area contributed by atoms with E-state index in [9.17, 15) is 9.59 Å². The summed E-state index contributed by atoms with van der Waals surface area (Å²) in [5.41, 5.74) is 13.6. The maximum Gasteiger partial charge on any atom is 0.494 e. The summed E-state index contributed by atoms with van der Waals surface area (Å²) >= 11 is 0. The molecule has 3 atom stereocenters. The summed E-state index contributed by atoms with van der Waals surface area (Å²) in [4.78, 5) is 29.5. The first kappa shape index (κ1) is 51.7. The van der Waals surface area contributed by atoms with Gasteiger partial charge in [0.1, 0.15) is 41.9 Å². The van der Waals surface area contributed by atoms with Crippen LogP contribution in [0.3, 0.4) is 0 Å². The maximum atomic E-state index is 12.6. The molecule has 0 amide bonds. The highest BCUT2D eigenvalue weighted by Crippen LogP contribution is 2.48. The van der Waals surface area contributed by atoms with E-state index in [1.807, 2.05) is 61.5 Å². The van der Waals surface area contributed by atoms with Gasteiger partial charge in [-0.05, 0) is 126 Å². The van der Waals surface area contributed by atoms with E-state index in [2.05, 4.69) is 71.5 Å². The van der Waals surface area contributed by atoms with Crippen molar-refractivity contribution in [1.82, 2.24) is 24.5 Å². The Morgan fingerprint density at radius 1 is 0.720 bits per heavy atom. The standard InChI is InChI=1S/C59H69BN6O9/c1-7-70-55(67)31-40-15-9-13-19-53(40)72-36-49-46-30-39(45-27-28-62-48(35-61)57(45)69-6)22-25-51(46)66(64-49)44-24-21-38(29-44)34-59(5)58(3,4)74-60(75-59)42-23-26-52-47(33-42)50(63-65(52)43-17-11-12-18-43)37-73-54-20-14-10-16-41(54)32-56(68)71-8-2/h9-10,13-16,19-20,22-23,25-28,30,33,38,43-44H,7-8,11-12,17-18,21,24,29,31-32,34-37,61H2,1-6H3. The van der Waals surface area contributed by atoms with Gasteiger partial charge in [-0.1, -0.05) is 67.4 Å². The molecule has 4 heterocycles. The Kier molecular flexibility index (Phi) is 15.3. The lowest BCUT2D eigenvalue weighted by Crippen LogP contribution is -2.46. The van der Waals surface area contributed by atoms with Crippen molar-refractivity contribution < 1.29 is 42.6 Å². The Bertz CT molecular complexity index is 3180. The van der Waals surface area contributed by atoms with Gasteiger partial charge in [-0.15, -0.1) is 0 Å². The number of benzene rings is 4. The van der Waals surface area contributed by atoms with E-state index in [0.717, 1.165) is 99.4 Å². The van der Waals surface area contributed by atoms with Crippen LogP contribution >= 0.6 is 0 Å². The van der Waals surface area contributed by atoms with Crippen molar-refractivity contribution in [2.75, 3.05) is 20.3 Å². The molecule has 1 saturated heterocycles. The number of esters is 2. The van der Waals surface area contributed by atoms with E-state index in [4.69, 9.17) is 48.9 Å². The van der Waals surface area contributed by atoms with E-state index >= 15 is 0 Å². The number of carbonyl (C=O) groups is 2. The zero-order chi connectivity index (χ0) is 52.3. The van der Waals surface area contributed by atoms with Gasteiger partial charge in [-0.3, -0.25) is 23.9 Å². The molecule has 3 fully saturated rings. The average molecular weight is 1020 g/mol. The van der Waals surface area contributed by atoms with Gasteiger partial charge in [0.15, 0.2) is 0 Å². The molecule has 0 bridgehead atoms. The zero-order valence-electron chi connectivity index (χ0n) is 44.1. The molecule has 10 rings (SSSR count). The summed E-state index contributed by atoms with van der Waals surface area (Å²) in [5.74, 6) is 1.64. The summed E-state index contributed by atoms with van der Waals surface area (Å²) in [6, 6.07) is 30.5. The zero-order valence-corrected chi connectivity index (χ0v) is 44.1. The predicted octanol–water partition coefficient (Wildman–Crippen LogP) is 10.1. The molecule has 7 aromatic rings. The first-order valence-electron chi connectivity index (χ1n) is 26.7. The minimum atomic E-state index is -0.603. The molecule has 15 nitrogen and oxygen atoms in total. The fourth-order valence-electron chi connectivity index (χ4n) is 11.6. The van der Waals surface area contributed by atoms with Crippen molar-refractivity contribution in [2.45, 2.75) is 142 Å². The monoisotopic (exact) mass is 1020 g/mol. The molecule has 2 N–H and O–H groups in total. The first-order chi connectivity index (χ1) is 36.4. The largest absolute Gasteiger partial charge is 0.494 e. The summed E-state index contributed by atoms with van der Waals surface area (Å²) in [5, 5.41) is 12.5. The topological polar surface area (TPSA) is 173 Å². The van der Waals surface area contributed by atoms with Gasteiger partial charge in [0.2, 0.25) is 0 Å². The fraction of sp³-hybridized carbons (Fsp3) is 0.441. The molecule has 16 heteroatoms. The summed E-state index contributed by atoms with van der Waals surface area (Å²) in [6.45, 7) is 11.4. The van der Waals surface area contributed by atoms with Crippen molar-refractivity contribution in [3.8, 4) is 28.4 Å². The molecular formula is C59H69BN6O9. The third-order valence-electron chi connectivity index (χ3n) is 15.8. The molecule has 392 valence electrons. The second-order valence-electron chi connectivity index (χ2n) is 20.9. The van der Waals surface area contributed by atoms with Gasteiger partial charge in [0.25, 0.3) is 0 Å². The van der Waals surface area contributed by atoms with Crippen LogP contribution in [0.15, 0.2) is 97.2 Å². The third-order valence-corrected chi connectivity index (χ3v) is 15.8. The van der Waals surface area contributed by atoms with Gasteiger partial charge in [-0.25, -0.2) is 0 Å².